The quantitative estimate of drug-likeness (QED) is 0.905. The van der Waals surface area contributed by atoms with E-state index in [0.29, 0.717) is 12.2 Å². The van der Waals surface area contributed by atoms with Crippen molar-refractivity contribution >= 4 is 17.6 Å². The van der Waals surface area contributed by atoms with Gasteiger partial charge < -0.3 is 15.6 Å². The fourth-order valence-corrected chi connectivity index (χ4v) is 3.29. The number of anilines is 1. The first-order valence-electron chi connectivity index (χ1n) is 6.49. The molecule has 5 heteroatoms. The fraction of sp³-hybridized carbons (Fsp3) is 0.267. The van der Waals surface area contributed by atoms with E-state index in [1.165, 1.54) is 0 Å². The number of thioether (sulfide) groups is 1. The maximum absolute atomic E-state index is 10.3. The molecule has 0 bridgehead atoms. The van der Waals surface area contributed by atoms with E-state index < -0.39 is 6.10 Å². The lowest BCUT2D eigenvalue weighted by molar-refractivity contribution is 0.0468. The number of aliphatic hydroxyl groups is 1. The molecule has 0 saturated heterocycles. The number of nitrogens with zero attached hydrogens (tertiary/aromatic N) is 1. The van der Waals surface area contributed by atoms with Crippen molar-refractivity contribution in [3.05, 3.63) is 48.2 Å². The second-order valence-electron chi connectivity index (χ2n) is 4.77. The first-order valence-corrected chi connectivity index (χ1v) is 7.48. The Bertz CT molecular complexity index is 606. The number of pyridine rings is 1. The van der Waals surface area contributed by atoms with Gasteiger partial charge in [0.2, 0.25) is 0 Å². The molecule has 1 aromatic carbocycles. The molecule has 3 N–H and O–H groups in total. The molecule has 1 aliphatic rings. The Balaban J connectivity index is 1.68. The maximum atomic E-state index is 10.3. The number of hydrogen-bond donors (Lipinski definition) is 2. The number of aromatic nitrogens is 1. The first-order chi connectivity index (χ1) is 9.72. The highest BCUT2D eigenvalue weighted by atomic mass is 32.2. The third-order valence-corrected chi connectivity index (χ3v) is 4.39. The molecule has 104 valence electrons. The van der Waals surface area contributed by atoms with Gasteiger partial charge in [-0.15, -0.1) is 11.8 Å². The van der Waals surface area contributed by atoms with Crippen molar-refractivity contribution in [1.82, 2.24) is 4.98 Å². The zero-order valence-corrected chi connectivity index (χ0v) is 11.7. The third kappa shape index (κ3) is 2.89. The summed E-state index contributed by atoms with van der Waals surface area (Å²) in [5.74, 6) is 2.07. The second kappa shape index (κ2) is 5.73. The summed E-state index contributed by atoms with van der Waals surface area (Å²) in [6.07, 6.45) is 1.41. The van der Waals surface area contributed by atoms with Crippen LogP contribution in [0, 0.1) is 0 Å². The molecule has 0 spiro atoms. The predicted octanol–water partition coefficient (Wildman–Crippen LogP) is 2.12. The van der Waals surface area contributed by atoms with Gasteiger partial charge in [-0.3, -0.25) is 0 Å². The molecule has 0 amide bonds. The third-order valence-electron chi connectivity index (χ3n) is 3.25. The first kappa shape index (κ1) is 13.3. The summed E-state index contributed by atoms with van der Waals surface area (Å²) >= 11 is 1.72. The lowest BCUT2D eigenvalue weighted by Gasteiger charge is -2.29. The van der Waals surface area contributed by atoms with Gasteiger partial charge in [0.25, 0.3) is 0 Å². The van der Waals surface area contributed by atoms with Gasteiger partial charge in [-0.05, 0) is 29.8 Å². The molecule has 0 radical (unpaired) electrons. The van der Waals surface area contributed by atoms with Gasteiger partial charge in [0.05, 0.1) is 6.10 Å². The number of hydrogen-bond acceptors (Lipinski definition) is 5. The van der Waals surface area contributed by atoms with Crippen LogP contribution in [0.4, 0.5) is 5.82 Å². The Hall–Kier alpha value is -1.72. The van der Waals surface area contributed by atoms with Gasteiger partial charge in [-0.2, -0.15) is 0 Å². The van der Waals surface area contributed by atoms with E-state index in [1.54, 1.807) is 24.0 Å². The van der Waals surface area contributed by atoms with E-state index in [2.05, 4.69) is 4.98 Å². The van der Waals surface area contributed by atoms with Crippen LogP contribution in [-0.2, 0) is 6.42 Å². The number of nitrogens with two attached hydrogens (primary N) is 1. The zero-order valence-electron chi connectivity index (χ0n) is 10.9. The highest BCUT2D eigenvalue weighted by Crippen LogP contribution is 2.36. The van der Waals surface area contributed by atoms with E-state index >= 15 is 0 Å². The van der Waals surface area contributed by atoms with Crippen molar-refractivity contribution in [2.24, 2.45) is 0 Å². The topological polar surface area (TPSA) is 68.4 Å². The molecular formula is C15H16N2O2S. The highest BCUT2D eigenvalue weighted by Gasteiger charge is 2.26. The van der Waals surface area contributed by atoms with Crippen molar-refractivity contribution in [3.63, 3.8) is 0 Å². The summed E-state index contributed by atoms with van der Waals surface area (Å²) in [7, 11) is 0. The van der Waals surface area contributed by atoms with Crippen LogP contribution in [0.15, 0.2) is 47.5 Å². The average molecular weight is 288 g/mol. The lowest BCUT2D eigenvalue weighted by atomic mass is 10.1. The number of aliphatic hydroxyl groups excluding tert-OH is 1. The van der Waals surface area contributed by atoms with Crippen LogP contribution in [0.25, 0.3) is 0 Å². The number of nitrogen functional groups attached to an aromatic ring is 1. The van der Waals surface area contributed by atoms with E-state index in [9.17, 15) is 5.11 Å². The number of para-hydroxylation sites is 1. The lowest BCUT2D eigenvalue weighted by Crippen LogP contribution is -2.37. The van der Waals surface area contributed by atoms with Gasteiger partial charge >= 0.3 is 0 Å². The SMILES string of the molecule is Nc1cc(CC(O)C2CSc3ccccc3O2)ccn1. The number of ether oxygens (including phenoxy) is 1. The molecule has 20 heavy (non-hydrogen) atoms. The Morgan fingerprint density at radius 2 is 2.25 bits per heavy atom. The summed E-state index contributed by atoms with van der Waals surface area (Å²) in [4.78, 5) is 5.08. The van der Waals surface area contributed by atoms with Crippen molar-refractivity contribution in [2.75, 3.05) is 11.5 Å². The molecule has 2 heterocycles. The smallest absolute Gasteiger partial charge is 0.134 e. The molecule has 2 atom stereocenters. The summed E-state index contributed by atoms with van der Waals surface area (Å²) < 4.78 is 5.88. The Morgan fingerprint density at radius 1 is 1.40 bits per heavy atom. The van der Waals surface area contributed by atoms with Crippen LogP contribution in [0.3, 0.4) is 0 Å². The van der Waals surface area contributed by atoms with Gasteiger partial charge in [0.15, 0.2) is 0 Å². The van der Waals surface area contributed by atoms with Crippen molar-refractivity contribution in [3.8, 4) is 5.75 Å². The predicted molar refractivity (Wildman–Crippen MR) is 79.9 cm³/mol. The van der Waals surface area contributed by atoms with Gasteiger partial charge in [0.1, 0.15) is 17.7 Å². The number of benzene rings is 1. The van der Waals surface area contributed by atoms with E-state index in [1.807, 2.05) is 30.3 Å². The molecule has 0 aliphatic carbocycles. The Kier molecular flexibility index (Phi) is 3.80. The van der Waals surface area contributed by atoms with Crippen LogP contribution in [-0.4, -0.2) is 28.1 Å². The van der Waals surface area contributed by atoms with Gasteiger partial charge in [-0.1, -0.05) is 12.1 Å². The fourth-order valence-electron chi connectivity index (χ4n) is 2.22. The van der Waals surface area contributed by atoms with Crippen LogP contribution in [0.2, 0.25) is 0 Å². The van der Waals surface area contributed by atoms with Crippen molar-refractivity contribution in [1.29, 1.82) is 0 Å². The summed E-state index contributed by atoms with van der Waals surface area (Å²) in [6, 6.07) is 11.6. The van der Waals surface area contributed by atoms with E-state index in [0.717, 1.165) is 22.0 Å². The second-order valence-corrected chi connectivity index (χ2v) is 5.84. The molecule has 0 fully saturated rings. The molecule has 2 unspecified atom stereocenters. The molecular weight excluding hydrogens is 272 g/mol. The molecule has 1 aromatic heterocycles. The standard InChI is InChI=1S/C15H16N2O2S/c16-15-8-10(5-6-17-15)7-11(18)13-9-20-14-4-2-1-3-12(14)19-13/h1-6,8,11,13,18H,7,9H2,(H2,16,17). The summed E-state index contributed by atoms with van der Waals surface area (Å²) in [6.45, 7) is 0. The van der Waals surface area contributed by atoms with Crippen molar-refractivity contribution in [2.45, 2.75) is 23.5 Å². The highest BCUT2D eigenvalue weighted by molar-refractivity contribution is 7.99. The van der Waals surface area contributed by atoms with Crippen LogP contribution in [0.5, 0.6) is 5.75 Å². The van der Waals surface area contributed by atoms with Crippen molar-refractivity contribution < 1.29 is 9.84 Å². The van der Waals surface area contributed by atoms with Crippen LogP contribution >= 0.6 is 11.8 Å². The van der Waals surface area contributed by atoms with E-state index in [-0.39, 0.29) is 6.10 Å². The normalized spacial score (nSPS) is 18.9. The van der Waals surface area contributed by atoms with E-state index in [4.69, 9.17) is 10.5 Å². The Labute approximate surface area is 122 Å². The molecule has 1 aliphatic heterocycles. The molecule has 2 aromatic rings. The summed E-state index contributed by atoms with van der Waals surface area (Å²) in [5, 5.41) is 10.3. The monoisotopic (exact) mass is 288 g/mol. The Morgan fingerprint density at radius 3 is 3.10 bits per heavy atom. The molecule has 0 saturated carbocycles. The minimum absolute atomic E-state index is 0.204. The van der Waals surface area contributed by atoms with Crippen LogP contribution < -0.4 is 10.5 Å². The average Bonchev–Trinajstić information content (AvgIpc) is 2.47. The minimum atomic E-state index is -0.558. The van der Waals surface area contributed by atoms with Gasteiger partial charge in [-0.25, -0.2) is 4.98 Å². The summed E-state index contributed by atoms with van der Waals surface area (Å²) in [5.41, 5.74) is 6.62. The number of fused-ring (bicyclic) bond motifs is 1. The zero-order chi connectivity index (χ0) is 13.9. The largest absolute Gasteiger partial charge is 0.486 e. The number of rotatable bonds is 3. The maximum Gasteiger partial charge on any atom is 0.134 e. The van der Waals surface area contributed by atoms with Gasteiger partial charge in [0, 0.05) is 23.3 Å². The molecule has 3 rings (SSSR count). The molecule has 4 nitrogen and oxygen atoms in total. The minimum Gasteiger partial charge on any atom is -0.486 e. The van der Waals surface area contributed by atoms with Crippen LogP contribution in [0.1, 0.15) is 5.56 Å².